The van der Waals surface area contributed by atoms with Crippen molar-refractivity contribution >= 4 is 11.8 Å². The molecule has 1 aromatic heterocycles. The minimum absolute atomic E-state index is 0.225. The van der Waals surface area contributed by atoms with Crippen LogP contribution in [0.4, 0.5) is 0 Å². The van der Waals surface area contributed by atoms with E-state index in [0.717, 1.165) is 17.3 Å². The van der Waals surface area contributed by atoms with E-state index in [1.54, 1.807) is 18.7 Å². The van der Waals surface area contributed by atoms with E-state index in [9.17, 15) is 0 Å². The zero-order valence-electron chi connectivity index (χ0n) is 7.28. The maximum atomic E-state index is 5.58. The number of aromatic nitrogens is 2. The van der Waals surface area contributed by atoms with E-state index in [4.69, 9.17) is 10.3 Å². The summed E-state index contributed by atoms with van der Waals surface area (Å²) in [6.45, 7) is 3.77. The van der Waals surface area contributed by atoms with Crippen LogP contribution in [-0.2, 0) is 5.75 Å². The predicted molar refractivity (Wildman–Crippen MR) is 48.8 cm³/mol. The molecular formula is C7H13N3OS. The number of hydrogen-bond donors (Lipinski definition) is 1. The van der Waals surface area contributed by atoms with Crippen LogP contribution < -0.4 is 5.73 Å². The molecule has 0 spiro atoms. The van der Waals surface area contributed by atoms with Gasteiger partial charge >= 0.3 is 0 Å². The largest absolute Gasteiger partial charge is 0.340 e. The molecule has 1 unspecified atom stereocenters. The van der Waals surface area contributed by atoms with Crippen LogP contribution in [0.2, 0.25) is 0 Å². The van der Waals surface area contributed by atoms with E-state index >= 15 is 0 Å². The van der Waals surface area contributed by atoms with Gasteiger partial charge in [-0.2, -0.15) is 16.7 Å². The molecule has 1 aromatic rings. The highest BCUT2D eigenvalue weighted by molar-refractivity contribution is 7.98. The monoisotopic (exact) mass is 187 g/mol. The highest BCUT2D eigenvalue weighted by Gasteiger charge is 2.02. The smallest absolute Gasteiger partial charge is 0.223 e. The molecule has 1 rings (SSSR count). The van der Waals surface area contributed by atoms with Crippen molar-refractivity contribution in [3.8, 4) is 0 Å². The Morgan fingerprint density at radius 2 is 2.42 bits per heavy atom. The molecule has 0 aromatic carbocycles. The lowest BCUT2D eigenvalue weighted by Gasteiger charge is -2.00. The van der Waals surface area contributed by atoms with Gasteiger partial charge in [-0.1, -0.05) is 5.16 Å². The molecule has 0 radical (unpaired) electrons. The van der Waals surface area contributed by atoms with Crippen molar-refractivity contribution in [2.45, 2.75) is 25.6 Å². The van der Waals surface area contributed by atoms with Crippen LogP contribution in [0.15, 0.2) is 4.52 Å². The molecule has 2 N–H and O–H groups in total. The Bertz CT molecular complexity index is 236. The molecule has 4 nitrogen and oxygen atoms in total. The molecule has 0 fully saturated rings. The molecule has 5 heteroatoms. The Kier molecular flexibility index (Phi) is 3.55. The number of rotatable bonds is 4. The lowest BCUT2D eigenvalue weighted by atomic mass is 10.4. The average molecular weight is 187 g/mol. The molecule has 1 atom stereocenters. The second-order valence-electron chi connectivity index (χ2n) is 2.72. The second-order valence-corrected chi connectivity index (χ2v) is 3.75. The Morgan fingerprint density at radius 1 is 1.67 bits per heavy atom. The normalized spacial score (nSPS) is 13.2. The molecule has 0 saturated heterocycles. The van der Waals surface area contributed by atoms with E-state index in [0.29, 0.717) is 5.89 Å². The first kappa shape index (κ1) is 9.54. The molecule has 0 aliphatic heterocycles. The molecule has 12 heavy (non-hydrogen) atoms. The predicted octanol–water partition coefficient (Wildman–Crippen LogP) is 0.958. The average Bonchev–Trinajstić information content (AvgIpc) is 2.35. The highest BCUT2D eigenvalue weighted by Crippen LogP contribution is 2.09. The van der Waals surface area contributed by atoms with Gasteiger partial charge in [0.05, 0.1) is 5.75 Å². The van der Waals surface area contributed by atoms with Gasteiger partial charge in [-0.15, -0.1) is 0 Å². The zero-order chi connectivity index (χ0) is 8.97. The Hall–Kier alpha value is -0.550. The summed E-state index contributed by atoms with van der Waals surface area (Å²) in [5, 5.41) is 3.76. The van der Waals surface area contributed by atoms with Crippen molar-refractivity contribution < 1.29 is 4.52 Å². The number of nitrogens with zero attached hydrogens (tertiary/aromatic N) is 2. The van der Waals surface area contributed by atoms with Crippen LogP contribution in [-0.4, -0.2) is 21.9 Å². The van der Waals surface area contributed by atoms with E-state index in [-0.39, 0.29) is 6.04 Å². The van der Waals surface area contributed by atoms with Crippen LogP contribution in [0, 0.1) is 6.92 Å². The molecule has 0 aliphatic rings. The highest BCUT2D eigenvalue weighted by atomic mass is 32.2. The van der Waals surface area contributed by atoms with E-state index in [1.807, 2.05) is 6.92 Å². The fourth-order valence-corrected chi connectivity index (χ4v) is 1.53. The summed E-state index contributed by atoms with van der Waals surface area (Å²) >= 11 is 1.72. The summed E-state index contributed by atoms with van der Waals surface area (Å²) in [6, 6.07) is 0.225. The minimum atomic E-state index is 0.225. The minimum Gasteiger partial charge on any atom is -0.340 e. The van der Waals surface area contributed by atoms with Crippen molar-refractivity contribution in [3.05, 3.63) is 11.7 Å². The summed E-state index contributed by atoms with van der Waals surface area (Å²) in [5.41, 5.74) is 5.58. The lowest BCUT2D eigenvalue weighted by molar-refractivity contribution is 0.389. The molecule has 68 valence electrons. The molecule has 0 aliphatic carbocycles. The SMILES string of the molecule is Cc1nc(CSCC(C)N)no1. The zero-order valence-corrected chi connectivity index (χ0v) is 8.10. The van der Waals surface area contributed by atoms with Gasteiger partial charge in [-0.25, -0.2) is 0 Å². The fraction of sp³-hybridized carbons (Fsp3) is 0.714. The van der Waals surface area contributed by atoms with Crippen molar-refractivity contribution in [2.75, 3.05) is 5.75 Å². The third-order valence-electron chi connectivity index (χ3n) is 1.18. The van der Waals surface area contributed by atoms with Crippen molar-refractivity contribution in [1.29, 1.82) is 0 Å². The summed E-state index contributed by atoms with van der Waals surface area (Å²) < 4.78 is 4.82. The Morgan fingerprint density at radius 3 is 2.92 bits per heavy atom. The van der Waals surface area contributed by atoms with Gasteiger partial charge in [-0.05, 0) is 6.92 Å². The van der Waals surface area contributed by atoms with Gasteiger partial charge in [0.1, 0.15) is 0 Å². The molecule has 0 bridgehead atoms. The molecule has 0 amide bonds. The molecular weight excluding hydrogens is 174 g/mol. The van der Waals surface area contributed by atoms with Gasteiger partial charge < -0.3 is 10.3 Å². The van der Waals surface area contributed by atoms with Crippen LogP contribution in [0.3, 0.4) is 0 Å². The van der Waals surface area contributed by atoms with Crippen molar-refractivity contribution in [3.63, 3.8) is 0 Å². The quantitative estimate of drug-likeness (QED) is 0.760. The summed E-state index contributed by atoms with van der Waals surface area (Å²) in [4.78, 5) is 4.07. The maximum Gasteiger partial charge on any atom is 0.223 e. The van der Waals surface area contributed by atoms with Gasteiger partial charge in [0.15, 0.2) is 5.82 Å². The second kappa shape index (κ2) is 4.47. The van der Waals surface area contributed by atoms with Crippen LogP contribution in [0.1, 0.15) is 18.6 Å². The summed E-state index contributed by atoms with van der Waals surface area (Å²) in [7, 11) is 0. The van der Waals surface area contributed by atoms with Gasteiger partial charge in [0, 0.05) is 18.7 Å². The standard InChI is InChI=1S/C7H13N3OS/c1-5(8)3-12-4-7-9-6(2)11-10-7/h5H,3-4,8H2,1-2H3. The molecule has 1 heterocycles. The van der Waals surface area contributed by atoms with Crippen molar-refractivity contribution in [1.82, 2.24) is 10.1 Å². The van der Waals surface area contributed by atoms with Crippen LogP contribution in [0.5, 0.6) is 0 Å². The Labute approximate surface area is 75.9 Å². The van der Waals surface area contributed by atoms with Crippen LogP contribution in [0.25, 0.3) is 0 Å². The number of nitrogens with two attached hydrogens (primary N) is 1. The van der Waals surface area contributed by atoms with E-state index in [1.165, 1.54) is 0 Å². The molecule has 0 saturated carbocycles. The van der Waals surface area contributed by atoms with E-state index in [2.05, 4.69) is 10.1 Å². The van der Waals surface area contributed by atoms with Crippen molar-refractivity contribution in [2.24, 2.45) is 5.73 Å². The third-order valence-corrected chi connectivity index (χ3v) is 2.41. The maximum absolute atomic E-state index is 5.58. The van der Waals surface area contributed by atoms with Crippen LogP contribution >= 0.6 is 11.8 Å². The number of aryl methyl sites for hydroxylation is 1. The van der Waals surface area contributed by atoms with Gasteiger partial charge in [0.2, 0.25) is 5.89 Å². The Balaban J connectivity index is 2.24. The van der Waals surface area contributed by atoms with Gasteiger partial charge in [0.25, 0.3) is 0 Å². The lowest BCUT2D eigenvalue weighted by Crippen LogP contribution is -2.17. The topological polar surface area (TPSA) is 64.9 Å². The number of thioether (sulfide) groups is 1. The first-order valence-electron chi connectivity index (χ1n) is 3.81. The summed E-state index contributed by atoms with van der Waals surface area (Å²) in [6.07, 6.45) is 0. The van der Waals surface area contributed by atoms with E-state index < -0.39 is 0 Å². The third kappa shape index (κ3) is 3.23. The number of hydrogen-bond acceptors (Lipinski definition) is 5. The first-order chi connectivity index (χ1) is 5.68. The van der Waals surface area contributed by atoms with Gasteiger partial charge in [-0.3, -0.25) is 0 Å². The summed E-state index contributed by atoms with van der Waals surface area (Å²) in [5.74, 6) is 3.07. The first-order valence-corrected chi connectivity index (χ1v) is 4.96. The fourth-order valence-electron chi connectivity index (χ4n) is 0.736.